The van der Waals surface area contributed by atoms with Gasteiger partial charge in [-0.1, -0.05) is 41.9 Å². The number of phenols is 1. The first-order valence-electron chi connectivity index (χ1n) is 10.9. The summed E-state index contributed by atoms with van der Waals surface area (Å²) in [6, 6.07) is 13.0. The van der Waals surface area contributed by atoms with Crippen molar-refractivity contribution in [1.29, 1.82) is 0 Å². The van der Waals surface area contributed by atoms with E-state index in [0.29, 0.717) is 41.7 Å². The van der Waals surface area contributed by atoms with Gasteiger partial charge >= 0.3 is 5.97 Å². The summed E-state index contributed by atoms with van der Waals surface area (Å²) in [7, 11) is 1.42. The highest BCUT2D eigenvalue weighted by Gasteiger charge is 2.39. The largest absolute Gasteiger partial charge is 0.503 e. The van der Waals surface area contributed by atoms with Gasteiger partial charge in [0, 0.05) is 35.7 Å². The van der Waals surface area contributed by atoms with Crippen LogP contribution in [0.15, 0.2) is 65.0 Å². The van der Waals surface area contributed by atoms with Crippen LogP contribution in [0.1, 0.15) is 43.2 Å². The summed E-state index contributed by atoms with van der Waals surface area (Å²) < 4.78 is 10.9. The zero-order chi connectivity index (χ0) is 23.5. The van der Waals surface area contributed by atoms with Crippen LogP contribution in [0.2, 0.25) is 5.02 Å². The first kappa shape index (κ1) is 22.9. The number of aromatic hydroxyl groups is 1. The Kier molecular flexibility index (Phi) is 6.75. The number of dihydropyridines is 1. The smallest absolute Gasteiger partial charge is 0.336 e. The molecular formula is C26H26ClNO5. The fraction of sp³-hybridized carbons (Fsp3) is 0.308. The highest BCUT2D eigenvalue weighted by molar-refractivity contribution is 6.32. The minimum Gasteiger partial charge on any atom is -0.503 e. The van der Waals surface area contributed by atoms with Gasteiger partial charge in [0.25, 0.3) is 0 Å². The summed E-state index contributed by atoms with van der Waals surface area (Å²) in [6.07, 6.45) is 2.47. The van der Waals surface area contributed by atoms with E-state index >= 15 is 0 Å². The predicted molar refractivity (Wildman–Crippen MR) is 125 cm³/mol. The quantitative estimate of drug-likeness (QED) is 0.593. The van der Waals surface area contributed by atoms with E-state index in [4.69, 9.17) is 21.1 Å². The zero-order valence-corrected chi connectivity index (χ0v) is 19.4. The van der Waals surface area contributed by atoms with Crippen LogP contribution in [0.4, 0.5) is 0 Å². The van der Waals surface area contributed by atoms with E-state index in [2.05, 4.69) is 5.32 Å². The summed E-state index contributed by atoms with van der Waals surface area (Å²) in [6.45, 7) is 2.02. The Labute approximate surface area is 197 Å². The third-order valence-corrected chi connectivity index (χ3v) is 6.35. The van der Waals surface area contributed by atoms with E-state index in [1.165, 1.54) is 7.11 Å². The number of esters is 1. The molecule has 0 saturated carbocycles. The van der Waals surface area contributed by atoms with Crippen molar-refractivity contribution in [3.05, 3.63) is 81.2 Å². The minimum absolute atomic E-state index is 0.0148. The summed E-state index contributed by atoms with van der Waals surface area (Å²) in [5, 5.41) is 13.6. The molecule has 6 nitrogen and oxygen atoms in total. The van der Waals surface area contributed by atoms with Crippen molar-refractivity contribution in [3.63, 3.8) is 0 Å². The van der Waals surface area contributed by atoms with Crippen molar-refractivity contribution in [2.24, 2.45) is 0 Å². The van der Waals surface area contributed by atoms with Crippen molar-refractivity contribution < 1.29 is 24.2 Å². The molecule has 172 valence electrons. The average Bonchev–Trinajstić information content (AvgIpc) is 2.80. The van der Waals surface area contributed by atoms with Crippen molar-refractivity contribution in [2.75, 3.05) is 13.7 Å². The third kappa shape index (κ3) is 4.62. The Hall–Kier alpha value is -3.25. The van der Waals surface area contributed by atoms with Gasteiger partial charge in [0.15, 0.2) is 17.3 Å². The molecule has 0 amide bonds. The Morgan fingerprint density at radius 2 is 1.97 bits per heavy atom. The number of phenolic OH excluding ortho intramolecular Hbond substituents is 1. The van der Waals surface area contributed by atoms with Gasteiger partial charge in [0.05, 0.1) is 24.3 Å². The molecule has 1 heterocycles. The number of hydrogen-bond acceptors (Lipinski definition) is 6. The van der Waals surface area contributed by atoms with E-state index in [1.54, 1.807) is 12.1 Å². The van der Waals surface area contributed by atoms with E-state index in [9.17, 15) is 14.7 Å². The molecule has 4 rings (SSSR count). The molecule has 0 fully saturated rings. The maximum atomic E-state index is 13.3. The van der Waals surface area contributed by atoms with Crippen LogP contribution in [-0.2, 0) is 20.7 Å². The monoisotopic (exact) mass is 467 g/mol. The molecule has 1 aliphatic heterocycles. The molecule has 1 atom stereocenters. The fourth-order valence-electron chi connectivity index (χ4n) is 4.49. The van der Waals surface area contributed by atoms with Gasteiger partial charge in [0.2, 0.25) is 0 Å². The first-order chi connectivity index (χ1) is 15.9. The summed E-state index contributed by atoms with van der Waals surface area (Å²) in [5.41, 5.74) is 4.02. The van der Waals surface area contributed by atoms with Gasteiger partial charge in [0.1, 0.15) is 0 Å². The molecular weight excluding hydrogens is 442 g/mol. The van der Waals surface area contributed by atoms with Gasteiger partial charge in [-0.2, -0.15) is 0 Å². The summed E-state index contributed by atoms with van der Waals surface area (Å²) in [4.78, 5) is 26.3. The molecule has 2 aliphatic rings. The summed E-state index contributed by atoms with van der Waals surface area (Å²) in [5.74, 6) is -1.18. The molecule has 33 heavy (non-hydrogen) atoms. The van der Waals surface area contributed by atoms with Gasteiger partial charge in [-0.15, -0.1) is 0 Å². The van der Waals surface area contributed by atoms with Gasteiger partial charge in [-0.05, 0) is 43.0 Å². The van der Waals surface area contributed by atoms with Crippen molar-refractivity contribution in [3.8, 4) is 11.5 Å². The average molecular weight is 468 g/mol. The number of carbonyl (C=O) groups is 2. The highest BCUT2D eigenvalue weighted by Crippen LogP contribution is 2.46. The molecule has 0 spiro atoms. The number of methoxy groups -OCH3 is 1. The van der Waals surface area contributed by atoms with Crippen molar-refractivity contribution in [2.45, 2.75) is 38.5 Å². The van der Waals surface area contributed by atoms with Crippen LogP contribution in [-0.4, -0.2) is 30.6 Å². The van der Waals surface area contributed by atoms with E-state index < -0.39 is 11.9 Å². The molecule has 0 saturated heterocycles. The standard InChI is InChI=1S/C26H26ClNO5/c1-15-22(26(31)33-12-11-16-7-4-3-5-8-16)23(24-19(28-15)9-6-10-20(24)29)17-13-18(27)25(30)21(14-17)32-2/h3-5,7-8,13-14,23,28,30H,6,9-12H2,1-2H3/t23-/m0/s1. The SMILES string of the molecule is COc1cc([C@H]2C(C(=O)OCCc3ccccc3)=C(C)NC3=C2C(=O)CCC3)cc(Cl)c1O. The van der Waals surface area contributed by atoms with Crippen LogP contribution in [0.25, 0.3) is 0 Å². The lowest BCUT2D eigenvalue weighted by atomic mass is 9.75. The zero-order valence-electron chi connectivity index (χ0n) is 18.6. The number of allylic oxidation sites excluding steroid dienone is 3. The maximum absolute atomic E-state index is 13.3. The van der Waals surface area contributed by atoms with Crippen LogP contribution < -0.4 is 10.1 Å². The van der Waals surface area contributed by atoms with Crippen LogP contribution in [0.5, 0.6) is 11.5 Å². The lowest BCUT2D eigenvalue weighted by molar-refractivity contribution is -0.139. The van der Waals surface area contributed by atoms with E-state index in [1.807, 2.05) is 37.3 Å². The lowest BCUT2D eigenvalue weighted by Gasteiger charge is -2.34. The van der Waals surface area contributed by atoms with Gasteiger partial charge < -0.3 is 19.9 Å². The molecule has 2 aromatic carbocycles. The third-order valence-electron chi connectivity index (χ3n) is 6.07. The number of ether oxygens (including phenoxy) is 2. The topological polar surface area (TPSA) is 84.9 Å². The lowest BCUT2D eigenvalue weighted by Crippen LogP contribution is -2.34. The molecule has 2 N–H and O–H groups in total. The number of Topliss-reactive ketones (excluding diaryl/α,β-unsaturated/α-hetero) is 1. The first-order valence-corrected chi connectivity index (χ1v) is 11.3. The normalized spacial score (nSPS) is 18.0. The number of benzene rings is 2. The number of halogens is 1. The molecule has 1 aliphatic carbocycles. The molecule has 7 heteroatoms. The minimum atomic E-state index is -0.662. The van der Waals surface area contributed by atoms with Gasteiger partial charge in [-0.25, -0.2) is 4.79 Å². The molecule has 0 radical (unpaired) electrons. The predicted octanol–water partition coefficient (Wildman–Crippen LogP) is 4.81. The van der Waals surface area contributed by atoms with Crippen molar-refractivity contribution in [1.82, 2.24) is 5.32 Å². The van der Waals surface area contributed by atoms with E-state index in [-0.39, 0.29) is 28.9 Å². The number of rotatable bonds is 6. The number of hydrogen-bond donors (Lipinski definition) is 2. The molecule has 2 aromatic rings. The van der Waals surface area contributed by atoms with Crippen LogP contribution >= 0.6 is 11.6 Å². The Morgan fingerprint density at radius 3 is 2.70 bits per heavy atom. The summed E-state index contributed by atoms with van der Waals surface area (Å²) >= 11 is 6.26. The number of carbonyl (C=O) groups excluding carboxylic acids is 2. The second-order valence-electron chi connectivity index (χ2n) is 8.19. The number of nitrogens with one attached hydrogen (secondary N) is 1. The van der Waals surface area contributed by atoms with Gasteiger partial charge in [-0.3, -0.25) is 4.79 Å². The second-order valence-corrected chi connectivity index (χ2v) is 8.60. The fourth-order valence-corrected chi connectivity index (χ4v) is 4.71. The van der Waals surface area contributed by atoms with Crippen molar-refractivity contribution >= 4 is 23.4 Å². The Bertz CT molecular complexity index is 1150. The Morgan fingerprint density at radius 1 is 1.21 bits per heavy atom. The van der Waals surface area contributed by atoms with Crippen LogP contribution in [0, 0.1) is 0 Å². The molecule has 0 unspecified atom stereocenters. The Balaban J connectivity index is 1.70. The van der Waals surface area contributed by atoms with Crippen LogP contribution in [0.3, 0.4) is 0 Å². The van der Waals surface area contributed by atoms with E-state index in [0.717, 1.165) is 17.7 Å². The highest BCUT2D eigenvalue weighted by atomic mass is 35.5. The number of ketones is 1. The molecule has 0 bridgehead atoms. The second kappa shape index (κ2) is 9.71. The molecule has 0 aromatic heterocycles. The maximum Gasteiger partial charge on any atom is 0.336 e.